The number of phenols is 3. The molecule has 0 atom stereocenters. The van der Waals surface area contributed by atoms with Gasteiger partial charge in [0.25, 0.3) is 0 Å². The van der Waals surface area contributed by atoms with Crippen LogP contribution in [0.1, 0.15) is 5.56 Å². The first-order valence-electron chi connectivity index (χ1n) is 6.13. The number of rotatable bonds is 1. The van der Waals surface area contributed by atoms with Gasteiger partial charge in [-0.2, -0.15) is 0 Å². The smallest absolute Gasteiger partial charge is 0.364 e. The molecule has 4 heteroatoms. The Morgan fingerprint density at radius 2 is 1.55 bits per heavy atom. The molecule has 0 radical (unpaired) electrons. The Bertz CT molecular complexity index is 809. The maximum absolute atomic E-state index is 9.89. The Kier molecular flexibility index (Phi) is 2.71. The van der Waals surface area contributed by atoms with E-state index < -0.39 is 0 Å². The summed E-state index contributed by atoms with van der Waals surface area (Å²) in [6.07, 6.45) is 0. The van der Waals surface area contributed by atoms with Crippen LogP contribution in [0.2, 0.25) is 0 Å². The van der Waals surface area contributed by atoms with Crippen LogP contribution in [0.15, 0.2) is 46.9 Å². The highest BCUT2D eigenvalue weighted by Crippen LogP contribution is 2.35. The van der Waals surface area contributed by atoms with E-state index in [0.717, 1.165) is 10.9 Å². The average Bonchev–Trinajstić information content (AvgIpc) is 2.37. The van der Waals surface area contributed by atoms with Crippen molar-refractivity contribution in [3.63, 3.8) is 0 Å². The zero-order valence-electron chi connectivity index (χ0n) is 10.8. The Morgan fingerprint density at radius 3 is 2.30 bits per heavy atom. The standard InChI is InChI=1S/C16H12O4/c1-9-6-15(13-5-3-10(17)7-14(13)19)20-16-8-11(18)2-4-12(9)16/h2-8H,1H3,(H2-,17,18,19)/p+1. The van der Waals surface area contributed by atoms with E-state index in [1.807, 2.05) is 13.0 Å². The van der Waals surface area contributed by atoms with Crippen LogP contribution in [0.25, 0.3) is 22.3 Å². The predicted molar refractivity (Wildman–Crippen MR) is 75.8 cm³/mol. The molecule has 100 valence electrons. The number of hydrogen-bond acceptors (Lipinski definition) is 3. The molecule has 0 saturated heterocycles. The van der Waals surface area contributed by atoms with Crippen molar-refractivity contribution in [2.24, 2.45) is 0 Å². The van der Waals surface area contributed by atoms with Crippen molar-refractivity contribution >= 4 is 11.0 Å². The van der Waals surface area contributed by atoms with Crippen molar-refractivity contribution < 1.29 is 19.7 Å². The van der Waals surface area contributed by atoms with Crippen molar-refractivity contribution in [3.8, 4) is 28.6 Å². The summed E-state index contributed by atoms with van der Waals surface area (Å²) in [4.78, 5) is 0. The second kappa shape index (κ2) is 4.42. The van der Waals surface area contributed by atoms with Gasteiger partial charge in [0.15, 0.2) is 0 Å². The molecule has 0 aliphatic heterocycles. The van der Waals surface area contributed by atoms with Crippen molar-refractivity contribution in [3.05, 3.63) is 48.0 Å². The van der Waals surface area contributed by atoms with Crippen LogP contribution in [0.5, 0.6) is 17.2 Å². The van der Waals surface area contributed by atoms with Gasteiger partial charge < -0.3 is 15.3 Å². The molecule has 0 aliphatic rings. The largest absolute Gasteiger partial charge is 0.508 e. The second-order valence-corrected chi connectivity index (χ2v) is 4.68. The van der Waals surface area contributed by atoms with Crippen LogP contribution in [-0.4, -0.2) is 15.3 Å². The van der Waals surface area contributed by atoms with Gasteiger partial charge in [-0.25, -0.2) is 4.42 Å². The summed E-state index contributed by atoms with van der Waals surface area (Å²) in [6, 6.07) is 11.0. The van der Waals surface area contributed by atoms with Gasteiger partial charge in [-0.3, -0.25) is 0 Å². The number of fused-ring (bicyclic) bond motifs is 1. The molecule has 1 heterocycles. The number of phenolic OH excluding ortho intramolecular Hbond substituents is 3. The zero-order valence-corrected chi connectivity index (χ0v) is 10.8. The molecule has 1 aromatic heterocycles. The number of aromatic hydroxyl groups is 3. The summed E-state index contributed by atoms with van der Waals surface area (Å²) in [5.74, 6) is 0.514. The molecule has 3 N–H and O–H groups in total. The van der Waals surface area contributed by atoms with E-state index in [-0.39, 0.29) is 17.2 Å². The topological polar surface area (TPSA) is 72.0 Å². The monoisotopic (exact) mass is 269 g/mol. The van der Waals surface area contributed by atoms with Crippen LogP contribution in [0.3, 0.4) is 0 Å². The molecule has 0 saturated carbocycles. The number of aryl methyl sites for hydroxylation is 1. The third-order valence-electron chi connectivity index (χ3n) is 3.20. The molecule has 20 heavy (non-hydrogen) atoms. The van der Waals surface area contributed by atoms with E-state index in [2.05, 4.69) is 0 Å². The minimum Gasteiger partial charge on any atom is -0.508 e. The van der Waals surface area contributed by atoms with Gasteiger partial charge in [0, 0.05) is 12.1 Å². The molecule has 0 aliphatic carbocycles. The van der Waals surface area contributed by atoms with Gasteiger partial charge in [0.05, 0.1) is 11.5 Å². The van der Waals surface area contributed by atoms with E-state index in [9.17, 15) is 15.3 Å². The fourth-order valence-electron chi connectivity index (χ4n) is 2.20. The molecule has 2 aromatic carbocycles. The Balaban J connectivity index is 2.26. The first kappa shape index (κ1) is 12.3. The first-order chi connectivity index (χ1) is 9.54. The molecule has 3 rings (SSSR count). The quantitative estimate of drug-likeness (QED) is 0.587. The first-order valence-corrected chi connectivity index (χ1v) is 6.13. The fraction of sp³-hybridized carbons (Fsp3) is 0.0625. The van der Waals surface area contributed by atoms with Gasteiger partial charge >= 0.3 is 11.3 Å². The number of benzene rings is 2. The summed E-state index contributed by atoms with van der Waals surface area (Å²) < 4.78 is 5.73. The maximum atomic E-state index is 9.89. The summed E-state index contributed by atoms with van der Waals surface area (Å²) in [5, 5.41) is 29.6. The van der Waals surface area contributed by atoms with E-state index in [1.54, 1.807) is 18.2 Å². The van der Waals surface area contributed by atoms with Gasteiger partial charge in [-0.1, -0.05) is 0 Å². The van der Waals surface area contributed by atoms with E-state index in [4.69, 9.17) is 4.42 Å². The van der Waals surface area contributed by atoms with Crippen LogP contribution >= 0.6 is 0 Å². The average molecular weight is 269 g/mol. The normalized spacial score (nSPS) is 10.8. The molecule has 0 bridgehead atoms. The van der Waals surface area contributed by atoms with Crippen molar-refractivity contribution in [2.45, 2.75) is 6.92 Å². The van der Waals surface area contributed by atoms with Crippen molar-refractivity contribution in [1.29, 1.82) is 0 Å². The van der Waals surface area contributed by atoms with Gasteiger partial charge in [-0.05, 0) is 36.8 Å². The third-order valence-corrected chi connectivity index (χ3v) is 3.20. The van der Waals surface area contributed by atoms with E-state index in [0.29, 0.717) is 16.9 Å². The Labute approximate surface area is 115 Å². The van der Waals surface area contributed by atoms with Gasteiger partial charge in [-0.15, -0.1) is 0 Å². The molecular formula is C16H13O4+. The van der Waals surface area contributed by atoms with Crippen molar-refractivity contribution in [1.82, 2.24) is 0 Å². The lowest BCUT2D eigenvalue weighted by Gasteiger charge is -2.00. The van der Waals surface area contributed by atoms with Crippen LogP contribution in [0, 0.1) is 6.92 Å². The lowest BCUT2D eigenvalue weighted by atomic mass is 10.1. The Morgan fingerprint density at radius 1 is 0.850 bits per heavy atom. The predicted octanol–water partition coefficient (Wildman–Crippen LogP) is 3.81. The third kappa shape index (κ3) is 2.01. The van der Waals surface area contributed by atoms with Crippen LogP contribution in [-0.2, 0) is 0 Å². The van der Waals surface area contributed by atoms with E-state index >= 15 is 0 Å². The van der Waals surface area contributed by atoms with Crippen molar-refractivity contribution in [2.75, 3.05) is 0 Å². The molecular weight excluding hydrogens is 256 g/mol. The van der Waals surface area contributed by atoms with Gasteiger partial charge in [0.2, 0.25) is 0 Å². The number of hydrogen-bond donors (Lipinski definition) is 3. The molecule has 4 nitrogen and oxygen atoms in total. The summed E-state index contributed by atoms with van der Waals surface area (Å²) in [6.45, 7) is 1.93. The minimum atomic E-state index is -0.0624. The highest BCUT2D eigenvalue weighted by Gasteiger charge is 2.20. The molecule has 0 unspecified atom stereocenters. The molecule has 0 fully saturated rings. The Hall–Kier alpha value is -2.75. The molecule has 3 aromatic rings. The van der Waals surface area contributed by atoms with Gasteiger partial charge in [0.1, 0.15) is 22.8 Å². The second-order valence-electron chi connectivity index (χ2n) is 4.68. The molecule has 0 spiro atoms. The fourth-order valence-corrected chi connectivity index (χ4v) is 2.20. The highest BCUT2D eigenvalue weighted by molar-refractivity contribution is 5.84. The lowest BCUT2D eigenvalue weighted by molar-refractivity contribution is 0.450. The summed E-state index contributed by atoms with van der Waals surface area (Å²) >= 11 is 0. The maximum Gasteiger partial charge on any atom is 0.364 e. The summed E-state index contributed by atoms with van der Waals surface area (Å²) in [5.41, 5.74) is 1.98. The zero-order chi connectivity index (χ0) is 14.3. The minimum absolute atomic E-state index is 0.0126. The summed E-state index contributed by atoms with van der Waals surface area (Å²) in [7, 11) is 0. The lowest BCUT2D eigenvalue weighted by Crippen LogP contribution is -1.84. The molecule has 0 amide bonds. The SMILES string of the molecule is Cc1cc(-c2ccc(O)cc2O)[o+]c2cc(O)ccc12. The van der Waals surface area contributed by atoms with Crippen LogP contribution in [0.4, 0.5) is 0 Å². The highest BCUT2D eigenvalue weighted by atomic mass is 16.3. The van der Waals surface area contributed by atoms with Crippen LogP contribution < -0.4 is 0 Å². The van der Waals surface area contributed by atoms with E-state index in [1.165, 1.54) is 18.2 Å².